The molecule has 2 N–H and O–H groups in total. The first kappa shape index (κ1) is 15.1. The minimum atomic E-state index is -0.637. The highest BCUT2D eigenvalue weighted by Gasteiger charge is 2.16. The Labute approximate surface area is 136 Å². The fourth-order valence-electron chi connectivity index (χ4n) is 2.10. The second kappa shape index (κ2) is 6.10. The van der Waals surface area contributed by atoms with Gasteiger partial charge in [0.1, 0.15) is 5.56 Å². The molecule has 3 aromatic rings. The molecule has 7 heteroatoms. The van der Waals surface area contributed by atoms with Crippen LogP contribution in [0.15, 0.2) is 42.5 Å². The third-order valence-corrected chi connectivity index (χ3v) is 3.49. The van der Waals surface area contributed by atoms with E-state index in [0.29, 0.717) is 11.0 Å². The van der Waals surface area contributed by atoms with E-state index in [9.17, 15) is 9.90 Å². The van der Waals surface area contributed by atoms with E-state index in [1.165, 1.54) is 13.2 Å². The number of aromatic hydroxyl groups is 1. The highest BCUT2D eigenvalue weighted by molar-refractivity contribution is 6.32. The minimum Gasteiger partial charge on any atom is -0.505 e. The van der Waals surface area contributed by atoms with Crippen LogP contribution in [0.5, 0.6) is 5.75 Å². The van der Waals surface area contributed by atoms with Gasteiger partial charge < -0.3 is 15.2 Å². The number of ether oxygens (including phenoxy) is 1. The second-order valence-electron chi connectivity index (χ2n) is 4.67. The molecule has 0 aliphatic rings. The van der Waals surface area contributed by atoms with Crippen molar-refractivity contribution in [1.82, 2.24) is 9.97 Å². The van der Waals surface area contributed by atoms with Gasteiger partial charge >= 0.3 is 5.97 Å². The van der Waals surface area contributed by atoms with E-state index in [1.807, 2.05) is 12.1 Å². The molecule has 0 saturated carbocycles. The highest BCUT2D eigenvalue weighted by atomic mass is 35.5. The molecule has 3 rings (SSSR count). The van der Waals surface area contributed by atoms with Crippen molar-refractivity contribution in [2.24, 2.45) is 0 Å². The van der Waals surface area contributed by atoms with Gasteiger partial charge in [0.15, 0.2) is 16.7 Å². The molecular weight excluding hydrogens is 318 g/mol. The molecule has 0 unspecified atom stereocenters. The number of para-hydroxylation sites is 3. The van der Waals surface area contributed by atoms with Crippen molar-refractivity contribution >= 4 is 40.1 Å². The maximum atomic E-state index is 11.6. The van der Waals surface area contributed by atoms with Gasteiger partial charge in [-0.2, -0.15) is 0 Å². The van der Waals surface area contributed by atoms with Crippen molar-refractivity contribution in [2.75, 3.05) is 12.4 Å². The number of phenols is 1. The van der Waals surface area contributed by atoms with Crippen LogP contribution in [-0.4, -0.2) is 28.2 Å². The number of esters is 1. The second-order valence-corrected chi connectivity index (χ2v) is 5.03. The SMILES string of the molecule is COC(=O)c1cccc(Nc2nc3ccccc3nc2Cl)c1O. The number of anilines is 2. The summed E-state index contributed by atoms with van der Waals surface area (Å²) >= 11 is 6.13. The van der Waals surface area contributed by atoms with Crippen LogP contribution >= 0.6 is 11.6 Å². The van der Waals surface area contributed by atoms with Gasteiger partial charge in [0.2, 0.25) is 0 Å². The summed E-state index contributed by atoms with van der Waals surface area (Å²) < 4.78 is 4.62. The van der Waals surface area contributed by atoms with Gasteiger partial charge in [-0.25, -0.2) is 14.8 Å². The number of hydrogen-bond acceptors (Lipinski definition) is 6. The number of aromatic nitrogens is 2. The van der Waals surface area contributed by atoms with E-state index < -0.39 is 5.97 Å². The lowest BCUT2D eigenvalue weighted by atomic mass is 10.1. The molecule has 0 bridgehead atoms. The quantitative estimate of drug-likeness (QED) is 0.565. The van der Waals surface area contributed by atoms with E-state index in [-0.39, 0.29) is 28.0 Å². The van der Waals surface area contributed by atoms with Crippen LogP contribution in [0.25, 0.3) is 11.0 Å². The molecule has 2 aromatic carbocycles. The Hall–Kier alpha value is -2.86. The lowest BCUT2D eigenvalue weighted by molar-refractivity contribution is 0.0597. The lowest BCUT2D eigenvalue weighted by Crippen LogP contribution is -2.04. The molecule has 6 nitrogen and oxygen atoms in total. The Kier molecular flexibility index (Phi) is 3.99. The number of nitrogens with one attached hydrogen (secondary N) is 1. The third kappa shape index (κ3) is 2.89. The Bertz CT molecular complexity index is 899. The first-order valence-corrected chi connectivity index (χ1v) is 7.07. The summed E-state index contributed by atoms with van der Waals surface area (Å²) in [6.45, 7) is 0. The molecule has 0 atom stereocenters. The zero-order chi connectivity index (χ0) is 16.4. The minimum absolute atomic E-state index is 0.0439. The number of nitrogens with zero attached hydrogens (tertiary/aromatic N) is 2. The monoisotopic (exact) mass is 329 g/mol. The molecule has 1 heterocycles. The molecule has 0 spiro atoms. The van der Waals surface area contributed by atoms with Crippen molar-refractivity contribution in [1.29, 1.82) is 0 Å². The highest BCUT2D eigenvalue weighted by Crippen LogP contribution is 2.32. The predicted molar refractivity (Wildman–Crippen MR) is 87.3 cm³/mol. The number of halogens is 1. The van der Waals surface area contributed by atoms with Crippen molar-refractivity contribution in [2.45, 2.75) is 0 Å². The Morgan fingerprint density at radius 1 is 1.13 bits per heavy atom. The molecule has 0 saturated heterocycles. The summed E-state index contributed by atoms with van der Waals surface area (Å²) in [4.78, 5) is 20.2. The van der Waals surface area contributed by atoms with Crippen LogP contribution in [0.1, 0.15) is 10.4 Å². The first-order chi connectivity index (χ1) is 11.1. The van der Waals surface area contributed by atoms with Crippen LogP contribution in [0.2, 0.25) is 5.15 Å². The van der Waals surface area contributed by atoms with Gasteiger partial charge in [-0.05, 0) is 24.3 Å². The van der Waals surface area contributed by atoms with Crippen molar-refractivity contribution < 1.29 is 14.6 Å². The fraction of sp³-hybridized carbons (Fsp3) is 0.0625. The number of fused-ring (bicyclic) bond motifs is 1. The predicted octanol–water partition coefficient (Wildman–Crippen LogP) is 3.52. The normalized spacial score (nSPS) is 10.5. The van der Waals surface area contributed by atoms with Gasteiger partial charge in [-0.1, -0.05) is 29.8 Å². The van der Waals surface area contributed by atoms with Gasteiger partial charge in [0, 0.05) is 0 Å². The Morgan fingerprint density at radius 2 is 1.83 bits per heavy atom. The number of methoxy groups -OCH3 is 1. The first-order valence-electron chi connectivity index (χ1n) is 6.69. The maximum absolute atomic E-state index is 11.6. The van der Waals surface area contributed by atoms with Crippen LogP contribution in [0.3, 0.4) is 0 Å². The number of rotatable bonds is 3. The van der Waals surface area contributed by atoms with E-state index in [0.717, 1.165) is 0 Å². The van der Waals surface area contributed by atoms with Gasteiger partial charge in [-0.15, -0.1) is 0 Å². The summed E-state index contributed by atoms with van der Waals surface area (Å²) in [5.74, 6) is -0.602. The molecule has 0 fully saturated rings. The lowest BCUT2D eigenvalue weighted by Gasteiger charge is -2.11. The molecule has 0 aliphatic carbocycles. The smallest absolute Gasteiger partial charge is 0.341 e. The Balaban J connectivity index is 2.02. The van der Waals surface area contributed by atoms with Crippen molar-refractivity contribution in [3.63, 3.8) is 0 Å². The number of benzene rings is 2. The van der Waals surface area contributed by atoms with Crippen LogP contribution in [0, 0.1) is 0 Å². The van der Waals surface area contributed by atoms with Gasteiger partial charge in [-0.3, -0.25) is 0 Å². The topological polar surface area (TPSA) is 84.3 Å². The molecule has 0 radical (unpaired) electrons. The van der Waals surface area contributed by atoms with E-state index in [1.54, 1.807) is 24.3 Å². The molecule has 1 aromatic heterocycles. The van der Waals surface area contributed by atoms with Crippen LogP contribution < -0.4 is 5.32 Å². The average molecular weight is 330 g/mol. The summed E-state index contributed by atoms with van der Waals surface area (Å²) in [6, 6.07) is 11.9. The molecular formula is C16H12ClN3O3. The van der Waals surface area contributed by atoms with Crippen molar-refractivity contribution in [3.8, 4) is 5.75 Å². The summed E-state index contributed by atoms with van der Waals surface area (Å²) in [5, 5.41) is 13.2. The number of hydrogen-bond donors (Lipinski definition) is 2. The fourth-order valence-corrected chi connectivity index (χ4v) is 2.29. The summed E-state index contributed by atoms with van der Waals surface area (Å²) in [5.41, 5.74) is 1.64. The van der Waals surface area contributed by atoms with Gasteiger partial charge in [0.05, 0.1) is 23.8 Å². The Morgan fingerprint density at radius 3 is 2.52 bits per heavy atom. The largest absolute Gasteiger partial charge is 0.505 e. The number of carbonyl (C=O) groups is 1. The third-order valence-electron chi connectivity index (χ3n) is 3.22. The molecule has 0 amide bonds. The average Bonchev–Trinajstić information content (AvgIpc) is 2.56. The number of carbonyl (C=O) groups excluding carboxylic acids is 1. The van der Waals surface area contributed by atoms with Crippen LogP contribution in [-0.2, 0) is 4.74 Å². The van der Waals surface area contributed by atoms with Crippen LogP contribution in [0.4, 0.5) is 11.5 Å². The van der Waals surface area contributed by atoms with E-state index >= 15 is 0 Å². The van der Waals surface area contributed by atoms with Crippen molar-refractivity contribution in [3.05, 3.63) is 53.2 Å². The summed E-state index contributed by atoms with van der Waals surface area (Å²) in [7, 11) is 1.24. The maximum Gasteiger partial charge on any atom is 0.341 e. The molecule has 23 heavy (non-hydrogen) atoms. The number of phenolic OH excluding ortho intramolecular Hbond substituents is 1. The standard InChI is InChI=1S/C16H12ClN3O3/c1-23-16(22)9-5-4-8-12(13(9)21)20-15-14(17)18-10-6-2-3-7-11(10)19-15/h2-8,21H,1H3,(H,19,20). The van der Waals surface area contributed by atoms with E-state index in [4.69, 9.17) is 11.6 Å². The zero-order valence-electron chi connectivity index (χ0n) is 12.1. The van der Waals surface area contributed by atoms with E-state index in [2.05, 4.69) is 20.0 Å². The molecule has 0 aliphatic heterocycles. The zero-order valence-corrected chi connectivity index (χ0v) is 12.8. The summed E-state index contributed by atoms with van der Waals surface area (Å²) in [6.07, 6.45) is 0. The molecule has 116 valence electrons. The van der Waals surface area contributed by atoms with Gasteiger partial charge in [0.25, 0.3) is 0 Å².